The zero-order valence-electron chi connectivity index (χ0n) is 59.2. The van der Waals surface area contributed by atoms with Gasteiger partial charge in [0.2, 0.25) is 5.89 Å². The first-order valence-corrected chi connectivity index (χ1v) is 35.1. The van der Waals surface area contributed by atoms with Crippen molar-refractivity contribution in [3.63, 3.8) is 0 Å². The zero-order chi connectivity index (χ0) is 69.8. The zero-order valence-corrected chi connectivity index (χ0v) is 70.4. The molecule has 0 bridgehead atoms. The summed E-state index contributed by atoms with van der Waals surface area (Å²) in [7, 11) is 1.94. The van der Waals surface area contributed by atoms with E-state index in [1.807, 2.05) is 121 Å². The van der Waals surface area contributed by atoms with Crippen molar-refractivity contribution in [1.29, 1.82) is 0 Å². The standard InChI is InChI=1S/C23H20N3.C23H19NS.C22H17N2O.C22H17N2S.4Ir/c1-16-14-20(18-10-6-4-7-11-18)15-17(2)21(16)23-24-22(25-26(23)3)19-12-8-5-9-13-19;1-17-13-20(19-9-5-3-6-10-19)14-18(2)23(17)22-15-24(16-25-22)21-11-7-4-8-12-21;2*1-15-13-19(17-9-5-3-6-10-17)14-16(2)20(15)22-23-21(24-25-22)18-11-7-4-8-12-18;;;;/h4-12,14-15H,1-3H3;3-11,13-16H,1-2H3;2*3-11,13-14H,1-2H3;;;;/q-1;-2;2*-1;;;;. The number of aryl methyl sites for hydroxylation is 9. The van der Waals surface area contributed by atoms with Gasteiger partial charge in [0, 0.05) is 104 Å². The third kappa shape index (κ3) is 19.3. The molecular weight excluding hydrogens is 2040 g/mol. The van der Waals surface area contributed by atoms with Crippen molar-refractivity contribution in [2.45, 2.75) is 55.4 Å². The van der Waals surface area contributed by atoms with E-state index in [1.54, 1.807) is 11.8 Å². The molecule has 0 unspecified atom stereocenters. The number of anilines is 1. The van der Waals surface area contributed by atoms with Crippen molar-refractivity contribution in [2.75, 3.05) is 4.90 Å². The van der Waals surface area contributed by atoms with Crippen molar-refractivity contribution < 1.29 is 84.9 Å². The van der Waals surface area contributed by atoms with Crippen LogP contribution in [0.3, 0.4) is 0 Å². The normalized spacial score (nSPS) is 11.1. The van der Waals surface area contributed by atoms with Crippen LogP contribution in [0.2, 0.25) is 0 Å². The predicted molar refractivity (Wildman–Crippen MR) is 418 cm³/mol. The number of rotatable bonds is 12. The summed E-state index contributed by atoms with van der Waals surface area (Å²) in [6.45, 7) is 17.1. The molecule has 0 spiro atoms. The van der Waals surface area contributed by atoms with Crippen LogP contribution in [-0.2, 0) is 87.5 Å². The minimum Gasteiger partial charge on any atom is -0.509 e. The molecule has 9 nitrogen and oxygen atoms in total. The second-order valence-corrected chi connectivity index (χ2v) is 26.5. The van der Waals surface area contributed by atoms with E-state index in [1.165, 1.54) is 105 Å². The molecule has 0 atom stereocenters. The summed E-state index contributed by atoms with van der Waals surface area (Å²) >= 11 is 3.22. The van der Waals surface area contributed by atoms with Crippen LogP contribution in [0.5, 0.6) is 0 Å². The Morgan fingerprint density at radius 2 is 0.733 bits per heavy atom. The van der Waals surface area contributed by atoms with E-state index in [2.05, 4.69) is 274 Å². The van der Waals surface area contributed by atoms with Crippen LogP contribution in [0.25, 0.3) is 117 Å². The number of para-hydroxylation sites is 1. The first-order chi connectivity index (χ1) is 49.3. The van der Waals surface area contributed by atoms with E-state index in [0.29, 0.717) is 17.5 Å². The summed E-state index contributed by atoms with van der Waals surface area (Å²) in [5.41, 5.74) is 27.9. The maximum Gasteiger partial charge on any atom is 0.248 e. The monoisotopic (exact) mass is 2120 g/mol. The predicted octanol–water partition coefficient (Wildman–Crippen LogP) is 23.1. The third-order valence-corrected chi connectivity index (χ3v) is 19.1. The van der Waals surface area contributed by atoms with Crippen LogP contribution in [0.4, 0.5) is 5.69 Å². The van der Waals surface area contributed by atoms with Crippen molar-refractivity contribution in [1.82, 2.24) is 34.3 Å². The molecule has 15 aromatic rings. The molecule has 3 aromatic heterocycles. The quantitative estimate of drug-likeness (QED) is 0.111. The van der Waals surface area contributed by atoms with Gasteiger partial charge in [0.1, 0.15) is 16.7 Å². The number of benzene rings is 12. The Morgan fingerprint density at radius 3 is 1.14 bits per heavy atom. The van der Waals surface area contributed by atoms with Crippen LogP contribution >= 0.6 is 23.3 Å². The fraction of sp³-hybridized carbons (Fsp3) is 0.100. The molecule has 0 amide bonds. The van der Waals surface area contributed by atoms with Crippen LogP contribution in [0.1, 0.15) is 50.1 Å². The molecule has 105 heavy (non-hydrogen) atoms. The van der Waals surface area contributed by atoms with Gasteiger partial charge in [-0.25, -0.2) is 14.5 Å². The molecular formula is C90H73Ir4N8OS2-5. The van der Waals surface area contributed by atoms with Crippen molar-refractivity contribution in [3.8, 4) is 112 Å². The fourth-order valence-electron chi connectivity index (χ4n) is 12.7. The summed E-state index contributed by atoms with van der Waals surface area (Å²) in [6, 6.07) is 104. The van der Waals surface area contributed by atoms with E-state index < -0.39 is 0 Å². The SMILES string of the molecule is Cc1cc(-c2ccccc2)cc(C)c1-c1nc(-c2[c-]cccc2)nn1C.Cc1cc(-c2ccccc2)cc(C)c1-c1nc(-c2[c-]cccc2)no1.Cc1cc(-c2ccccc2)cc(C)c1-c1nc(-c2[c-]cccc2)ns1.Cc1cc(-c2ccccc2)cc(C)c1C1=CN(c2[c-]cccc2)[CH-]S1.[Ir].[Ir].[Ir].[Ir]. The van der Waals surface area contributed by atoms with Crippen molar-refractivity contribution in [3.05, 3.63) is 353 Å². The van der Waals surface area contributed by atoms with E-state index in [0.717, 1.165) is 61.3 Å². The van der Waals surface area contributed by atoms with Gasteiger partial charge in [0.05, 0.1) is 11.6 Å². The average molecular weight is 2120 g/mol. The second kappa shape index (κ2) is 37.8. The first kappa shape index (κ1) is 80.1. The van der Waals surface area contributed by atoms with Gasteiger partial charge in [-0.15, -0.1) is 119 Å². The summed E-state index contributed by atoms with van der Waals surface area (Å²) in [4.78, 5) is 17.5. The maximum atomic E-state index is 5.53. The van der Waals surface area contributed by atoms with E-state index in [4.69, 9.17) is 14.5 Å². The van der Waals surface area contributed by atoms with Gasteiger partial charge < -0.3 is 9.42 Å². The number of hydrogen-bond acceptors (Lipinski definition) is 10. The van der Waals surface area contributed by atoms with Crippen LogP contribution in [0.15, 0.2) is 278 Å². The molecule has 15 heteroatoms. The van der Waals surface area contributed by atoms with Gasteiger partial charge in [-0.3, -0.25) is 26.4 Å². The molecule has 0 N–H and O–H groups in total. The van der Waals surface area contributed by atoms with Crippen LogP contribution in [0, 0.1) is 85.5 Å². The molecule has 0 saturated carbocycles. The topological polar surface area (TPSA) is 98.6 Å². The average Bonchev–Trinajstić information content (AvgIpc) is 1.76. The van der Waals surface area contributed by atoms with Crippen LogP contribution in [-0.4, -0.2) is 34.3 Å². The Balaban J connectivity index is 0.000000160. The summed E-state index contributed by atoms with van der Waals surface area (Å²) in [6.07, 6.45) is 2.20. The molecule has 0 saturated heterocycles. The largest absolute Gasteiger partial charge is 0.509 e. The summed E-state index contributed by atoms with van der Waals surface area (Å²) < 4.78 is 11.9. The van der Waals surface area contributed by atoms with Gasteiger partial charge in [0.25, 0.3) is 0 Å². The number of hydrogen-bond donors (Lipinski definition) is 0. The van der Waals surface area contributed by atoms with Gasteiger partial charge >= 0.3 is 0 Å². The molecule has 4 heterocycles. The first-order valence-electron chi connectivity index (χ1n) is 33.4. The molecule has 4 radical (unpaired) electrons. The van der Waals surface area contributed by atoms with Gasteiger partial charge in [0.15, 0.2) is 0 Å². The Bertz CT molecular complexity index is 5080. The molecule has 1 aliphatic rings. The van der Waals surface area contributed by atoms with E-state index in [9.17, 15) is 0 Å². The van der Waals surface area contributed by atoms with Gasteiger partial charge in [-0.2, -0.15) is 36.2 Å². The minimum atomic E-state index is 0. The van der Waals surface area contributed by atoms with E-state index >= 15 is 0 Å². The molecule has 0 fully saturated rings. The number of nitrogens with zero attached hydrogens (tertiary/aromatic N) is 8. The molecule has 12 aromatic carbocycles. The summed E-state index contributed by atoms with van der Waals surface area (Å²) in [5, 5.41) is 9.66. The minimum absolute atomic E-state index is 0. The van der Waals surface area contributed by atoms with Crippen molar-refractivity contribution in [2.24, 2.45) is 7.05 Å². The number of thioether (sulfide) groups is 1. The summed E-state index contributed by atoms with van der Waals surface area (Å²) in [5.74, 6) is 5.57. The van der Waals surface area contributed by atoms with Gasteiger partial charge in [-0.1, -0.05) is 170 Å². The Labute approximate surface area is 679 Å². The molecule has 0 aliphatic carbocycles. The van der Waals surface area contributed by atoms with Gasteiger partial charge in [-0.05, 0) is 173 Å². The van der Waals surface area contributed by atoms with Crippen molar-refractivity contribution >= 4 is 33.9 Å². The third-order valence-electron chi connectivity index (χ3n) is 17.4. The Hall–Kier alpha value is -9.03. The molecule has 16 rings (SSSR count). The Morgan fingerprint density at radius 1 is 0.362 bits per heavy atom. The molecule has 532 valence electrons. The smallest absolute Gasteiger partial charge is 0.248 e. The van der Waals surface area contributed by atoms with Crippen LogP contribution < -0.4 is 4.90 Å². The second-order valence-electron chi connectivity index (χ2n) is 24.8. The van der Waals surface area contributed by atoms with E-state index in [-0.39, 0.29) is 80.4 Å². The Kier molecular flexibility index (Phi) is 28.8. The fourth-order valence-corrected chi connectivity index (χ4v) is 14.6. The number of aromatic nitrogens is 7. The molecule has 1 aliphatic heterocycles. The maximum absolute atomic E-state index is 5.53.